The van der Waals surface area contributed by atoms with Crippen molar-refractivity contribution in [2.45, 2.75) is 113 Å². The van der Waals surface area contributed by atoms with E-state index in [2.05, 4.69) is 0 Å². The highest BCUT2D eigenvalue weighted by Crippen LogP contribution is 2.39. The molecule has 15 atom stereocenters. The standard InChI is InChI=1S/C37H46O21/c1-12(2)34(50)56-33-31(57-35-28(48)26(46)23(43)19(10-38)54-35)22(42)13(3)51-37(33)52-16-8-17(41)21-18(9-16)53-30(14-4-6-15(40)7-5-14)32(25(21)45)58-36-29(49)27(47)24(44)20(11-39)55-36/h4-9,12-13,19-20,22-24,26-29,31,33,35-44,46-49H,10-11H2,1-3H3. The number of hydrogen-bond donors (Lipinski definition) is 11. The molecule has 21 heteroatoms. The molecule has 3 saturated heterocycles. The fraction of sp³-hybridized carbons (Fsp3) is 0.568. The highest BCUT2D eigenvalue weighted by Gasteiger charge is 2.53. The summed E-state index contributed by atoms with van der Waals surface area (Å²) in [6, 6.07) is 7.30. The Hall–Kier alpha value is -4.20. The van der Waals surface area contributed by atoms with Crippen LogP contribution in [-0.4, -0.2) is 167 Å². The summed E-state index contributed by atoms with van der Waals surface area (Å²) in [5.74, 6) is -3.73. The van der Waals surface area contributed by atoms with Crippen LogP contribution < -0.4 is 14.9 Å². The van der Waals surface area contributed by atoms with Crippen molar-refractivity contribution in [3.05, 3.63) is 46.6 Å². The first-order chi connectivity index (χ1) is 27.4. The number of esters is 1. The summed E-state index contributed by atoms with van der Waals surface area (Å²) in [5, 5.41) is 114. The van der Waals surface area contributed by atoms with Crippen LogP contribution in [0, 0.1) is 5.92 Å². The molecule has 1 aromatic heterocycles. The van der Waals surface area contributed by atoms with Gasteiger partial charge in [0.05, 0.1) is 25.2 Å². The van der Waals surface area contributed by atoms with Crippen LogP contribution in [0.5, 0.6) is 23.0 Å². The average molecular weight is 827 g/mol. The monoisotopic (exact) mass is 826 g/mol. The van der Waals surface area contributed by atoms with Crippen LogP contribution in [0.4, 0.5) is 0 Å². The zero-order valence-corrected chi connectivity index (χ0v) is 31.1. The molecule has 0 saturated carbocycles. The summed E-state index contributed by atoms with van der Waals surface area (Å²) in [7, 11) is 0. The minimum absolute atomic E-state index is 0.120. The molecule has 58 heavy (non-hydrogen) atoms. The first-order valence-corrected chi connectivity index (χ1v) is 18.2. The van der Waals surface area contributed by atoms with Gasteiger partial charge < -0.3 is 93.7 Å². The predicted octanol–water partition coefficient (Wildman–Crippen LogP) is -2.71. The molecule has 15 unspecified atom stereocenters. The van der Waals surface area contributed by atoms with Gasteiger partial charge in [-0.15, -0.1) is 0 Å². The molecular weight excluding hydrogens is 780 g/mol. The van der Waals surface area contributed by atoms with Gasteiger partial charge in [-0.1, -0.05) is 13.8 Å². The topological polar surface area (TPSA) is 334 Å². The molecule has 3 aliphatic heterocycles. The largest absolute Gasteiger partial charge is 0.508 e. The van der Waals surface area contributed by atoms with Gasteiger partial charge in [0.15, 0.2) is 18.2 Å². The van der Waals surface area contributed by atoms with Gasteiger partial charge in [-0.2, -0.15) is 0 Å². The zero-order chi connectivity index (χ0) is 42.3. The molecular formula is C37H46O21. The maximum Gasteiger partial charge on any atom is 0.308 e. The maximum absolute atomic E-state index is 14.1. The Morgan fingerprint density at radius 2 is 1.31 bits per heavy atom. The number of aromatic hydroxyl groups is 2. The van der Waals surface area contributed by atoms with Crippen molar-refractivity contribution in [1.82, 2.24) is 0 Å². The number of benzene rings is 2. The van der Waals surface area contributed by atoms with Crippen LogP contribution >= 0.6 is 0 Å². The number of fused-ring (bicyclic) bond motifs is 1. The number of carbonyl (C=O) groups excluding carboxylic acids is 1. The number of ether oxygens (including phenoxy) is 7. The molecule has 6 rings (SSSR count). The molecule has 0 amide bonds. The number of phenolic OH excluding ortho intramolecular Hbond substituents is 2. The highest BCUT2D eigenvalue weighted by molar-refractivity contribution is 5.88. The summed E-state index contributed by atoms with van der Waals surface area (Å²) >= 11 is 0. The van der Waals surface area contributed by atoms with Crippen molar-refractivity contribution in [2.75, 3.05) is 13.2 Å². The molecule has 3 fully saturated rings. The average Bonchev–Trinajstić information content (AvgIpc) is 3.19. The van der Waals surface area contributed by atoms with Gasteiger partial charge in [0, 0.05) is 17.7 Å². The van der Waals surface area contributed by atoms with Crippen molar-refractivity contribution < 1.29 is 98.5 Å². The van der Waals surface area contributed by atoms with Crippen LogP contribution in [0.15, 0.2) is 45.6 Å². The molecule has 0 aliphatic carbocycles. The Morgan fingerprint density at radius 1 is 0.724 bits per heavy atom. The van der Waals surface area contributed by atoms with Crippen LogP contribution in [0.1, 0.15) is 20.8 Å². The van der Waals surface area contributed by atoms with Gasteiger partial charge >= 0.3 is 5.97 Å². The number of hydrogen-bond acceptors (Lipinski definition) is 21. The van der Waals surface area contributed by atoms with E-state index >= 15 is 0 Å². The van der Waals surface area contributed by atoms with Crippen molar-refractivity contribution in [2.24, 2.45) is 5.92 Å². The Balaban J connectivity index is 1.39. The smallest absolute Gasteiger partial charge is 0.308 e. The van der Waals surface area contributed by atoms with Crippen LogP contribution in [-0.2, 0) is 28.5 Å². The molecule has 11 N–H and O–H groups in total. The fourth-order valence-electron chi connectivity index (χ4n) is 6.62. The minimum atomic E-state index is -1.94. The maximum atomic E-state index is 14.1. The van der Waals surface area contributed by atoms with Crippen molar-refractivity contribution in [3.8, 4) is 34.3 Å². The van der Waals surface area contributed by atoms with Crippen molar-refractivity contribution >= 4 is 16.9 Å². The lowest BCUT2D eigenvalue weighted by molar-refractivity contribution is -0.351. The Kier molecular flexibility index (Phi) is 13.1. The van der Waals surface area contributed by atoms with Gasteiger partial charge in [0.1, 0.15) is 89.3 Å². The summed E-state index contributed by atoms with van der Waals surface area (Å²) < 4.78 is 46.2. The third kappa shape index (κ3) is 8.45. The summed E-state index contributed by atoms with van der Waals surface area (Å²) in [6.07, 6.45) is -25.1. The number of rotatable bonds is 11. The van der Waals surface area contributed by atoms with Gasteiger partial charge in [0.2, 0.25) is 23.8 Å². The second-order valence-electron chi connectivity index (χ2n) is 14.4. The number of phenols is 2. The quantitative estimate of drug-likeness (QED) is 0.0875. The van der Waals surface area contributed by atoms with E-state index in [-0.39, 0.29) is 28.4 Å². The van der Waals surface area contributed by atoms with E-state index in [4.69, 9.17) is 37.6 Å². The second kappa shape index (κ2) is 17.6. The Bertz CT molecular complexity index is 1950. The highest BCUT2D eigenvalue weighted by atomic mass is 16.7. The lowest BCUT2D eigenvalue weighted by Gasteiger charge is -2.46. The van der Waals surface area contributed by atoms with E-state index < -0.39 is 140 Å². The van der Waals surface area contributed by atoms with Crippen molar-refractivity contribution in [1.29, 1.82) is 0 Å². The lowest BCUT2D eigenvalue weighted by atomic mass is 9.97. The van der Waals surface area contributed by atoms with E-state index in [1.165, 1.54) is 45.0 Å². The van der Waals surface area contributed by atoms with E-state index in [1.807, 2.05) is 0 Å². The Morgan fingerprint density at radius 3 is 1.90 bits per heavy atom. The fourth-order valence-corrected chi connectivity index (χ4v) is 6.62. The number of aliphatic hydroxyl groups excluding tert-OH is 9. The summed E-state index contributed by atoms with van der Waals surface area (Å²) in [6.45, 7) is 2.85. The van der Waals surface area contributed by atoms with E-state index in [0.717, 1.165) is 12.1 Å². The van der Waals surface area contributed by atoms with E-state index in [9.17, 15) is 65.8 Å². The third-order valence-corrected chi connectivity index (χ3v) is 9.99. The molecule has 3 aliphatic rings. The van der Waals surface area contributed by atoms with Crippen LogP contribution in [0.25, 0.3) is 22.3 Å². The number of carbonyl (C=O) groups is 1. The lowest BCUT2D eigenvalue weighted by Crippen LogP contribution is -2.65. The van der Waals surface area contributed by atoms with Crippen molar-refractivity contribution in [3.63, 3.8) is 0 Å². The van der Waals surface area contributed by atoms with Gasteiger partial charge in [0.25, 0.3) is 0 Å². The molecule has 4 heterocycles. The van der Waals surface area contributed by atoms with Gasteiger partial charge in [-0.25, -0.2) is 0 Å². The first-order valence-electron chi connectivity index (χ1n) is 18.2. The molecule has 0 radical (unpaired) electrons. The SMILES string of the molecule is CC(C)C(=O)OC1C(Oc2cc(O)c3c(=O)c(OC4OC(CO)C(O)C(O)C4O)c(-c4ccc(O)cc4)oc3c2)OC(C)C(O)C1OC1OC(CO)C(O)C(O)C1O. The minimum Gasteiger partial charge on any atom is -0.508 e. The zero-order valence-electron chi connectivity index (χ0n) is 31.1. The van der Waals surface area contributed by atoms with Gasteiger partial charge in [-0.3, -0.25) is 9.59 Å². The molecule has 0 spiro atoms. The second-order valence-corrected chi connectivity index (χ2v) is 14.4. The first kappa shape index (κ1) is 43.4. The van der Waals surface area contributed by atoms with Crippen LogP contribution in [0.3, 0.4) is 0 Å². The molecule has 0 bridgehead atoms. The summed E-state index contributed by atoms with van der Waals surface area (Å²) in [5.41, 5.74) is -1.25. The Labute approximate surface area is 328 Å². The summed E-state index contributed by atoms with van der Waals surface area (Å²) in [4.78, 5) is 27.1. The van der Waals surface area contributed by atoms with E-state index in [0.29, 0.717) is 0 Å². The van der Waals surface area contributed by atoms with Crippen LogP contribution in [0.2, 0.25) is 0 Å². The molecule has 2 aromatic carbocycles. The normalized spacial score (nSPS) is 35.5. The molecule has 320 valence electrons. The predicted molar refractivity (Wildman–Crippen MR) is 190 cm³/mol. The van der Waals surface area contributed by atoms with E-state index in [1.54, 1.807) is 0 Å². The third-order valence-electron chi connectivity index (χ3n) is 9.99. The molecule has 21 nitrogen and oxygen atoms in total. The number of aliphatic hydroxyl groups is 9. The molecule has 3 aromatic rings. The van der Waals surface area contributed by atoms with Gasteiger partial charge in [-0.05, 0) is 31.2 Å².